The van der Waals surface area contributed by atoms with Crippen molar-refractivity contribution < 1.29 is 9.53 Å². The summed E-state index contributed by atoms with van der Waals surface area (Å²) in [5, 5.41) is 3.78. The molecule has 0 aliphatic heterocycles. The number of thioether (sulfide) groups is 1. The quantitative estimate of drug-likeness (QED) is 0.775. The molecule has 0 aromatic heterocycles. The molecular weight excluding hydrogens is 294 g/mol. The molecule has 1 aliphatic rings. The Morgan fingerprint density at radius 2 is 1.91 bits per heavy atom. The van der Waals surface area contributed by atoms with Crippen molar-refractivity contribution in [3.8, 4) is 5.75 Å². The van der Waals surface area contributed by atoms with Gasteiger partial charge in [0.2, 0.25) is 0 Å². The lowest BCUT2D eigenvalue weighted by Gasteiger charge is -2.16. The van der Waals surface area contributed by atoms with E-state index in [0.29, 0.717) is 0 Å². The van der Waals surface area contributed by atoms with Gasteiger partial charge in [-0.1, -0.05) is 18.9 Å². The summed E-state index contributed by atoms with van der Waals surface area (Å²) in [6, 6.07) is 6.03. The average molecular weight is 321 g/mol. The van der Waals surface area contributed by atoms with Crippen molar-refractivity contribution in [2.75, 3.05) is 12.3 Å². The summed E-state index contributed by atoms with van der Waals surface area (Å²) in [5.41, 5.74) is 2.30. The minimum absolute atomic E-state index is 0.0359. The standard InChI is InChI=1S/C18H27NO2S/c1-13-10-14(2)12-16(11-13)21-15(3)18(20)19-8-9-22-17-6-4-5-7-17/h10-12,15,17H,4-9H2,1-3H3,(H,19,20)/t15-/m0/s1. The third-order valence-corrected chi connectivity index (χ3v) is 5.32. The molecule has 1 aromatic rings. The molecule has 0 spiro atoms. The Labute approximate surface area is 138 Å². The molecule has 4 heteroatoms. The van der Waals surface area contributed by atoms with E-state index in [1.807, 2.05) is 37.7 Å². The van der Waals surface area contributed by atoms with Crippen LogP contribution in [0.1, 0.15) is 43.7 Å². The number of nitrogens with one attached hydrogen (secondary N) is 1. The molecule has 2 rings (SSSR count). The Hall–Kier alpha value is -1.16. The van der Waals surface area contributed by atoms with Gasteiger partial charge in [0.05, 0.1) is 0 Å². The number of hydrogen-bond acceptors (Lipinski definition) is 3. The summed E-state index contributed by atoms with van der Waals surface area (Å²) < 4.78 is 5.75. The van der Waals surface area contributed by atoms with Gasteiger partial charge < -0.3 is 10.1 Å². The summed E-state index contributed by atoms with van der Waals surface area (Å²) in [7, 11) is 0. The summed E-state index contributed by atoms with van der Waals surface area (Å²) in [6.45, 7) is 6.59. The molecule has 122 valence electrons. The number of hydrogen-bond donors (Lipinski definition) is 1. The van der Waals surface area contributed by atoms with Crippen molar-refractivity contribution in [2.24, 2.45) is 0 Å². The Kier molecular flexibility index (Phi) is 6.62. The second kappa shape index (κ2) is 8.47. The molecule has 1 N–H and O–H groups in total. The number of benzene rings is 1. The first-order valence-electron chi connectivity index (χ1n) is 8.19. The van der Waals surface area contributed by atoms with E-state index in [1.54, 1.807) is 6.92 Å². The minimum Gasteiger partial charge on any atom is -0.481 e. The predicted molar refractivity (Wildman–Crippen MR) is 93.7 cm³/mol. The molecule has 1 atom stereocenters. The number of amides is 1. The summed E-state index contributed by atoms with van der Waals surface area (Å²) in [5.74, 6) is 1.72. The summed E-state index contributed by atoms with van der Waals surface area (Å²) in [4.78, 5) is 12.1. The van der Waals surface area contributed by atoms with Crippen molar-refractivity contribution in [3.05, 3.63) is 29.3 Å². The Balaban J connectivity index is 1.69. The highest BCUT2D eigenvalue weighted by Crippen LogP contribution is 2.28. The van der Waals surface area contributed by atoms with Crippen LogP contribution in [0, 0.1) is 13.8 Å². The van der Waals surface area contributed by atoms with E-state index in [9.17, 15) is 4.79 Å². The van der Waals surface area contributed by atoms with E-state index in [2.05, 4.69) is 11.4 Å². The number of aryl methyl sites for hydroxylation is 2. The highest BCUT2D eigenvalue weighted by atomic mass is 32.2. The lowest BCUT2D eigenvalue weighted by Crippen LogP contribution is -2.37. The molecule has 1 saturated carbocycles. The minimum atomic E-state index is -0.460. The maximum atomic E-state index is 12.1. The number of ether oxygens (including phenoxy) is 1. The van der Waals surface area contributed by atoms with Gasteiger partial charge >= 0.3 is 0 Å². The molecule has 3 nitrogen and oxygen atoms in total. The van der Waals surface area contributed by atoms with Crippen LogP contribution in [0.15, 0.2) is 18.2 Å². The van der Waals surface area contributed by atoms with Crippen molar-refractivity contribution in [1.82, 2.24) is 5.32 Å². The lowest BCUT2D eigenvalue weighted by atomic mass is 10.1. The number of carbonyl (C=O) groups excluding carboxylic acids is 1. The molecule has 1 aromatic carbocycles. The predicted octanol–water partition coefficient (Wildman–Crippen LogP) is 3.86. The zero-order chi connectivity index (χ0) is 15.9. The Morgan fingerprint density at radius 1 is 1.27 bits per heavy atom. The van der Waals surface area contributed by atoms with Crippen LogP contribution in [0.25, 0.3) is 0 Å². The average Bonchev–Trinajstić information content (AvgIpc) is 2.95. The van der Waals surface area contributed by atoms with Crippen molar-refractivity contribution in [1.29, 1.82) is 0 Å². The molecular formula is C18H27NO2S. The highest BCUT2D eigenvalue weighted by Gasteiger charge is 2.16. The number of rotatable bonds is 7. The molecule has 0 saturated heterocycles. The van der Waals surface area contributed by atoms with Gasteiger partial charge in [0, 0.05) is 17.5 Å². The fourth-order valence-corrected chi connectivity index (χ4v) is 4.08. The SMILES string of the molecule is Cc1cc(C)cc(O[C@@H](C)C(=O)NCCSC2CCCC2)c1. The second-order valence-electron chi connectivity index (χ2n) is 6.15. The van der Waals surface area contributed by atoms with E-state index in [4.69, 9.17) is 4.74 Å². The molecule has 22 heavy (non-hydrogen) atoms. The normalized spacial score (nSPS) is 16.5. The maximum absolute atomic E-state index is 12.1. The largest absolute Gasteiger partial charge is 0.481 e. The lowest BCUT2D eigenvalue weighted by molar-refractivity contribution is -0.127. The Morgan fingerprint density at radius 3 is 2.55 bits per heavy atom. The van der Waals surface area contributed by atoms with Gasteiger partial charge in [-0.25, -0.2) is 0 Å². The first-order chi connectivity index (χ1) is 10.5. The Bertz CT molecular complexity index is 478. The number of carbonyl (C=O) groups is 1. The van der Waals surface area contributed by atoms with Crippen molar-refractivity contribution in [2.45, 2.75) is 57.8 Å². The van der Waals surface area contributed by atoms with Crippen LogP contribution in [-0.4, -0.2) is 29.6 Å². The van der Waals surface area contributed by atoms with Crippen LogP contribution in [-0.2, 0) is 4.79 Å². The van der Waals surface area contributed by atoms with Crippen molar-refractivity contribution in [3.63, 3.8) is 0 Å². The van der Waals surface area contributed by atoms with E-state index >= 15 is 0 Å². The first kappa shape index (κ1) is 17.2. The molecule has 0 radical (unpaired) electrons. The first-order valence-corrected chi connectivity index (χ1v) is 9.24. The summed E-state index contributed by atoms with van der Waals surface area (Å²) in [6.07, 6.45) is 4.95. The van der Waals surface area contributed by atoms with Crippen LogP contribution in [0.3, 0.4) is 0 Å². The van der Waals surface area contributed by atoms with Gasteiger partial charge in [-0.15, -0.1) is 0 Å². The molecule has 0 heterocycles. The van der Waals surface area contributed by atoms with Gasteiger partial charge in [0.1, 0.15) is 5.75 Å². The van der Waals surface area contributed by atoms with Gasteiger partial charge in [0.15, 0.2) is 6.10 Å². The molecule has 1 amide bonds. The molecule has 0 bridgehead atoms. The van der Waals surface area contributed by atoms with Crippen LogP contribution in [0.4, 0.5) is 0 Å². The van der Waals surface area contributed by atoms with Crippen LogP contribution < -0.4 is 10.1 Å². The monoisotopic (exact) mass is 321 g/mol. The van der Waals surface area contributed by atoms with Gasteiger partial charge in [-0.05, 0) is 56.9 Å². The van der Waals surface area contributed by atoms with Gasteiger partial charge in [-0.2, -0.15) is 11.8 Å². The molecule has 0 unspecified atom stereocenters. The fourth-order valence-electron chi connectivity index (χ4n) is 2.86. The second-order valence-corrected chi connectivity index (χ2v) is 7.56. The zero-order valence-electron chi connectivity index (χ0n) is 13.9. The maximum Gasteiger partial charge on any atom is 0.260 e. The van der Waals surface area contributed by atoms with Crippen LogP contribution in [0.5, 0.6) is 5.75 Å². The summed E-state index contributed by atoms with van der Waals surface area (Å²) >= 11 is 1.99. The fraction of sp³-hybridized carbons (Fsp3) is 0.611. The van der Waals surface area contributed by atoms with Gasteiger partial charge in [-0.3, -0.25) is 4.79 Å². The molecule has 1 aliphatic carbocycles. The smallest absolute Gasteiger partial charge is 0.260 e. The van der Waals surface area contributed by atoms with E-state index < -0.39 is 6.10 Å². The highest BCUT2D eigenvalue weighted by molar-refractivity contribution is 7.99. The third kappa shape index (κ3) is 5.56. The van der Waals surface area contributed by atoms with Crippen LogP contribution >= 0.6 is 11.8 Å². The van der Waals surface area contributed by atoms with E-state index in [1.165, 1.54) is 25.7 Å². The van der Waals surface area contributed by atoms with Crippen molar-refractivity contribution >= 4 is 17.7 Å². The van der Waals surface area contributed by atoms with E-state index in [0.717, 1.165) is 34.4 Å². The zero-order valence-corrected chi connectivity index (χ0v) is 14.7. The topological polar surface area (TPSA) is 38.3 Å². The third-order valence-electron chi connectivity index (χ3n) is 3.93. The molecule has 1 fully saturated rings. The van der Waals surface area contributed by atoms with E-state index in [-0.39, 0.29) is 5.91 Å². The van der Waals surface area contributed by atoms with Gasteiger partial charge in [0.25, 0.3) is 5.91 Å². The van der Waals surface area contributed by atoms with Crippen LogP contribution in [0.2, 0.25) is 0 Å².